The van der Waals surface area contributed by atoms with Gasteiger partial charge in [0.05, 0.1) is 11.7 Å². The smallest absolute Gasteiger partial charge is 0.348 e. The van der Waals surface area contributed by atoms with E-state index in [-0.39, 0.29) is 16.8 Å². The molecule has 0 spiro atoms. The SMILES string of the molecule is Cc1cc(C2CCCN2CCC(=O)Nc2ccsc2C(=O)O)no1. The fourth-order valence-corrected chi connectivity index (χ4v) is 3.69. The van der Waals surface area contributed by atoms with Gasteiger partial charge in [-0.25, -0.2) is 4.79 Å². The number of thiophene rings is 1. The van der Waals surface area contributed by atoms with Gasteiger partial charge in [-0.15, -0.1) is 11.3 Å². The molecule has 8 heteroatoms. The van der Waals surface area contributed by atoms with Gasteiger partial charge in [0.1, 0.15) is 16.3 Å². The number of amides is 1. The largest absolute Gasteiger partial charge is 0.477 e. The molecule has 24 heavy (non-hydrogen) atoms. The second kappa shape index (κ2) is 7.14. The standard InChI is InChI=1S/C16H19N3O4S/c1-10-9-12(18-23-10)13-3-2-6-19(13)7-4-14(20)17-11-5-8-24-15(11)16(21)22/h5,8-9,13H,2-4,6-7H2,1H3,(H,17,20)(H,21,22). The first-order chi connectivity index (χ1) is 11.5. The number of likely N-dealkylation sites (tertiary alicyclic amines) is 1. The zero-order valence-corrected chi connectivity index (χ0v) is 14.1. The Labute approximate surface area is 143 Å². The van der Waals surface area contributed by atoms with E-state index in [1.54, 1.807) is 11.4 Å². The maximum absolute atomic E-state index is 12.1. The molecule has 0 aromatic carbocycles. The van der Waals surface area contributed by atoms with Crippen LogP contribution in [-0.4, -0.2) is 40.1 Å². The van der Waals surface area contributed by atoms with Crippen LogP contribution in [-0.2, 0) is 4.79 Å². The van der Waals surface area contributed by atoms with Crippen molar-refractivity contribution in [3.63, 3.8) is 0 Å². The molecule has 0 bridgehead atoms. The van der Waals surface area contributed by atoms with Gasteiger partial charge in [-0.1, -0.05) is 5.16 Å². The van der Waals surface area contributed by atoms with Crippen molar-refractivity contribution in [2.75, 3.05) is 18.4 Å². The first kappa shape index (κ1) is 16.7. The van der Waals surface area contributed by atoms with E-state index in [0.29, 0.717) is 18.7 Å². The number of aromatic nitrogens is 1. The van der Waals surface area contributed by atoms with Crippen LogP contribution in [0.5, 0.6) is 0 Å². The van der Waals surface area contributed by atoms with Gasteiger partial charge in [0.15, 0.2) is 0 Å². The Kier molecular flexibility index (Phi) is 4.96. The highest BCUT2D eigenvalue weighted by atomic mass is 32.1. The van der Waals surface area contributed by atoms with Crippen molar-refractivity contribution in [2.45, 2.75) is 32.2 Å². The summed E-state index contributed by atoms with van der Waals surface area (Å²) >= 11 is 1.10. The molecule has 7 nitrogen and oxygen atoms in total. The summed E-state index contributed by atoms with van der Waals surface area (Å²) in [5.41, 5.74) is 1.28. The number of anilines is 1. The lowest BCUT2D eigenvalue weighted by atomic mass is 10.1. The molecule has 3 rings (SSSR count). The average molecular weight is 349 g/mol. The lowest BCUT2D eigenvalue weighted by Gasteiger charge is -2.22. The molecule has 2 aromatic heterocycles. The molecule has 0 aliphatic carbocycles. The van der Waals surface area contributed by atoms with Crippen molar-refractivity contribution in [2.24, 2.45) is 0 Å². The fourth-order valence-electron chi connectivity index (χ4n) is 3.00. The van der Waals surface area contributed by atoms with Crippen LogP contribution in [0.15, 0.2) is 22.0 Å². The van der Waals surface area contributed by atoms with Crippen LogP contribution in [0.2, 0.25) is 0 Å². The number of hydrogen-bond acceptors (Lipinski definition) is 6. The highest BCUT2D eigenvalue weighted by Crippen LogP contribution is 2.31. The highest BCUT2D eigenvalue weighted by Gasteiger charge is 2.28. The molecule has 128 valence electrons. The zero-order chi connectivity index (χ0) is 17.1. The van der Waals surface area contributed by atoms with Crippen LogP contribution in [0, 0.1) is 6.92 Å². The van der Waals surface area contributed by atoms with E-state index < -0.39 is 5.97 Å². The topological polar surface area (TPSA) is 95.7 Å². The van der Waals surface area contributed by atoms with E-state index in [4.69, 9.17) is 9.63 Å². The van der Waals surface area contributed by atoms with Crippen LogP contribution in [0.3, 0.4) is 0 Å². The van der Waals surface area contributed by atoms with Crippen LogP contribution < -0.4 is 5.32 Å². The summed E-state index contributed by atoms with van der Waals surface area (Å²) in [5.74, 6) is -0.424. The zero-order valence-electron chi connectivity index (χ0n) is 13.3. The molecular formula is C16H19N3O4S. The predicted octanol–water partition coefficient (Wildman–Crippen LogP) is 2.91. The number of aryl methyl sites for hydroxylation is 1. The number of carboxylic acids is 1. The Morgan fingerprint density at radius 3 is 3.08 bits per heavy atom. The van der Waals surface area contributed by atoms with Gasteiger partial charge in [-0.3, -0.25) is 9.69 Å². The van der Waals surface area contributed by atoms with Crippen molar-refractivity contribution in [1.29, 1.82) is 0 Å². The van der Waals surface area contributed by atoms with Gasteiger partial charge >= 0.3 is 5.97 Å². The molecule has 1 aliphatic rings. The van der Waals surface area contributed by atoms with Gasteiger partial charge in [-0.2, -0.15) is 0 Å². The third kappa shape index (κ3) is 3.65. The lowest BCUT2D eigenvalue weighted by molar-refractivity contribution is -0.116. The van der Waals surface area contributed by atoms with Crippen LogP contribution >= 0.6 is 11.3 Å². The van der Waals surface area contributed by atoms with Gasteiger partial charge in [-0.05, 0) is 37.8 Å². The molecule has 0 radical (unpaired) electrons. The number of rotatable bonds is 6. The van der Waals surface area contributed by atoms with Crippen LogP contribution in [0.1, 0.15) is 46.4 Å². The first-order valence-electron chi connectivity index (χ1n) is 7.82. The first-order valence-corrected chi connectivity index (χ1v) is 8.70. The van der Waals surface area contributed by atoms with Crippen molar-refractivity contribution in [1.82, 2.24) is 10.1 Å². The minimum atomic E-state index is -1.03. The number of carboxylic acid groups (broad SMARTS) is 1. The van der Waals surface area contributed by atoms with E-state index in [2.05, 4.69) is 15.4 Å². The normalized spacial score (nSPS) is 18.0. The highest BCUT2D eigenvalue weighted by molar-refractivity contribution is 7.12. The van der Waals surface area contributed by atoms with Crippen LogP contribution in [0.25, 0.3) is 0 Å². The molecule has 1 fully saturated rings. The van der Waals surface area contributed by atoms with Crippen molar-refractivity contribution >= 4 is 28.9 Å². The van der Waals surface area contributed by atoms with Gasteiger partial charge in [0.25, 0.3) is 0 Å². The Balaban J connectivity index is 1.56. The molecule has 1 aliphatic heterocycles. The molecule has 1 unspecified atom stereocenters. The molecule has 2 aromatic rings. The Morgan fingerprint density at radius 1 is 1.54 bits per heavy atom. The predicted molar refractivity (Wildman–Crippen MR) is 89.3 cm³/mol. The second-order valence-corrected chi connectivity index (χ2v) is 6.74. The monoisotopic (exact) mass is 349 g/mol. The lowest BCUT2D eigenvalue weighted by Crippen LogP contribution is -2.28. The summed E-state index contributed by atoms with van der Waals surface area (Å²) in [6, 6.07) is 3.74. The fraction of sp³-hybridized carbons (Fsp3) is 0.438. The van der Waals surface area contributed by atoms with E-state index in [1.807, 2.05) is 13.0 Å². The number of carbonyl (C=O) groups is 2. The van der Waals surface area contributed by atoms with Crippen molar-refractivity contribution < 1.29 is 19.2 Å². The van der Waals surface area contributed by atoms with Crippen LogP contribution in [0.4, 0.5) is 5.69 Å². The second-order valence-electron chi connectivity index (χ2n) is 5.82. The third-order valence-electron chi connectivity index (χ3n) is 4.11. The van der Waals surface area contributed by atoms with Gasteiger partial charge in [0.2, 0.25) is 5.91 Å². The average Bonchev–Trinajstić information content (AvgIpc) is 3.24. The summed E-state index contributed by atoms with van der Waals surface area (Å²) in [5, 5.41) is 17.5. The van der Waals surface area contributed by atoms with Crippen molar-refractivity contribution in [3.05, 3.63) is 33.8 Å². The number of hydrogen-bond donors (Lipinski definition) is 2. The number of aromatic carboxylic acids is 1. The summed E-state index contributed by atoms with van der Waals surface area (Å²) in [6.07, 6.45) is 2.37. The van der Waals surface area contributed by atoms with E-state index >= 15 is 0 Å². The molecule has 1 amide bonds. The number of nitrogens with zero attached hydrogens (tertiary/aromatic N) is 2. The maximum atomic E-state index is 12.1. The summed E-state index contributed by atoms with van der Waals surface area (Å²) in [4.78, 5) is 25.6. The molecule has 0 saturated carbocycles. The quantitative estimate of drug-likeness (QED) is 0.832. The van der Waals surface area contributed by atoms with E-state index in [9.17, 15) is 9.59 Å². The molecular weight excluding hydrogens is 330 g/mol. The minimum absolute atomic E-state index is 0.153. The maximum Gasteiger partial charge on any atom is 0.348 e. The van der Waals surface area contributed by atoms with Gasteiger partial charge in [0, 0.05) is 19.0 Å². The Morgan fingerprint density at radius 2 is 2.38 bits per heavy atom. The molecule has 2 N–H and O–H groups in total. The summed E-state index contributed by atoms with van der Waals surface area (Å²) in [6.45, 7) is 3.39. The molecule has 3 heterocycles. The Bertz CT molecular complexity index is 739. The van der Waals surface area contributed by atoms with E-state index in [1.165, 1.54) is 0 Å². The number of carbonyl (C=O) groups excluding carboxylic acids is 1. The molecule has 1 atom stereocenters. The van der Waals surface area contributed by atoms with E-state index in [0.717, 1.165) is 42.2 Å². The summed E-state index contributed by atoms with van der Waals surface area (Å²) < 4.78 is 5.15. The van der Waals surface area contributed by atoms with Crippen molar-refractivity contribution in [3.8, 4) is 0 Å². The Hall–Kier alpha value is -2.19. The number of nitrogens with one attached hydrogen (secondary N) is 1. The molecule has 1 saturated heterocycles. The summed E-state index contributed by atoms with van der Waals surface area (Å²) in [7, 11) is 0. The minimum Gasteiger partial charge on any atom is -0.477 e. The van der Waals surface area contributed by atoms with Gasteiger partial charge < -0.3 is 14.9 Å². The third-order valence-corrected chi connectivity index (χ3v) is 5.01.